The van der Waals surface area contributed by atoms with Crippen LogP contribution in [0.1, 0.15) is 19.8 Å². The van der Waals surface area contributed by atoms with Crippen LogP contribution in [-0.2, 0) is 4.79 Å². The molecule has 1 fully saturated rings. The van der Waals surface area contributed by atoms with Gasteiger partial charge in [0.15, 0.2) is 0 Å². The molecule has 1 aliphatic carbocycles. The summed E-state index contributed by atoms with van der Waals surface area (Å²) in [5.41, 5.74) is 0. The summed E-state index contributed by atoms with van der Waals surface area (Å²) in [6.45, 7) is 2.05. The first-order chi connectivity index (χ1) is 5.65. The summed E-state index contributed by atoms with van der Waals surface area (Å²) < 4.78 is 0. The second-order valence-corrected chi connectivity index (χ2v) is 4.87. The largest absolute Gasteiger partial charge is 0.481 e. The van der Waals surface area contributed by atoms with Crippen molar-refractivity contribution in [2.75, 3.05) is 6.61 Å². The number of aliphatic hydroxyl groups excluding tert-OH is 1. The highest BCUT2D eigenvalue weighted by atomic mass is 32.2. The molecule has 1 saturated carbocycles. The van der Waals surface area contributed by atoms with Gasteiger partial charge >= 0.3 is 5.97 Å². The van der Waals surface area contributed by atoms with Crippen LogP contribution in [0.15, 0.2) is 0 Å². The topological polar surface area (TPSA) is 57.5 Å². The number of hydrogen-bond donors (Lipinski definition) is 2. The van der Waals surface area contributed by atoms with Crippen molar-refractivity contribution in [3.05, 3.63) is 0 Å². The van der Waals surface area contributed by atoms with Crippen molar-refractivity contribution < 1.29 is 15.0 Å². The normalized spacial score (nSPS) is 30.8. The first-order valence-corrected chi connectivity index (χ1v) is 5.08. The summed E-state index contributed by atoms with van der Waals surface area (Å²) in [7, 11) is 0. The minimum Gasteiger partial charge on any atom is -0.481 e. The average molecular weight is 190 g/mol. The maximum Gasteiger partial charge on any atom is 0.307 e. The predicted octanol–water partition coefficient (Wildman–Crippen LogP) is 0.964. The molecule has 0 heterocycles. The molecule has 0 amide bonds. The lowest BCUT2D eigenvalue weighted by Crippen LogP contribution is -2.36. The molecule has 70 valence electrons. The molecule has 12 heavy (non-hydrogen) atoms. The van der Waals surface area contributed by atoms with E-state index in [0.717, 1.165) is 12.8 Å². The van der Waals surface area contributed by atoms with E-state index in [0.29, 0.717) is 0 Å². The molecular formula is C8H14O3S. The van der Waals surface area contributed by atoms with Crippen LogP contribution in [0.3, 0.4) is 0 Å². The van der Waals surface area contributed by atoms with Crippen molar-refractivity contribution in [2.45, 2.75) is 30.3 Å². The zero-order chi connectivity index (χ0) is 9.14. The number of aliphatic carboxylic acids is 1. The Morgan fingerprint density at radius 2 is 2.33 bits per heavy atom. The fraction of sp³-hybridized carbons (Fsp3) is 0.875. The van der Waals surface area contributed by atoms with Gasteiger partial charge in [0.2, 0.25) is 0 Å². The number of carboxylic acid groups (broad SMARTS) is 1. The van der Waals surface area contributed by atoms with Gasteiger partial charge in [-0.05, 0) is 12.8 Å². The summed E-state index contributed by atoms with van der Waals surface area (Å²) in [5, 5.41) is 17.9. The van der Waals surface area contributed by atoms with E-state index >= 15 is 0 Å². The van der Waals surface area contributed by atoms with Crippen molar-refractivity contribution in [3.63, 3.8) is 0 Å². The fourth-order valence-corrected chi connectivity index (χ4v) is 2.65. The van der Waals surface area contributed by atoms with Crippen molar-refractivity contribution in [3.8, 4) is 0 Å². The molecule has 0 spiro atoms. The number of aliphatic hydroxyl groups is 1. The lowest BCUT2D eigenvalue weighted by atomic mass is 9.85. The second kappa shape index (κ2) is 4.14. The zero-order valence-corrected chi connectivity index (χ0v) is 7.88. The van der Waals surface area contributed by atoms with E-state index in [4.69, 9.17) is 10.2 Å². The Morgan fingerprint density at radius 1 is 1.67 bits per heavy atom. The Balaban J connectivity index is 2.29. The summed E-state index contributed by atoms with van der Waals surface area (Å²) >= 11 is 1.59. The van der Waals surface area contributed by atoms with E-state index < -0.39 is 5.97 Å². The van der Waals surface area contributed by atoms with Gasteiger partial charge in [-0.2, -0.15) is 11.8 Å². The SMILES string of the molecule is CC(CO)SC1CCC1C(=O)O. The van der Waals surface area contributed by atoms with Crippen LogP contribution >= 0.6 is 11.8 Å². The molecule has 0 radical (unpaired) electrons. The van der Waals surface area contributed by atoms with Gasteiger partial charge in [0.1, 0.15) is 0 Å². The molecule has 0 aliphatic heterocycles. The highest BCUT2D eigenvalue weighted by Crippen LogP contribution is 2.39. The maximum atomic E-state index is 10.6. The van der Waals surface area contributed by atoms with E-state index in [1.807, 2.05) is 6.92 Å². The molecule has 1 aliphatic rings. The third-order valence-corrected chi connectivity index (χ3v) is 3.72. The van der Waals surface area contributed by atoms with E-state index in [1.54, 1.807) is 11.8 Å². The van der Waals surface area contributed by atoms with Crippen LogP contribution in [0.2, 0.25) is 0 Å². The zero-order valence-electron chi connectivity index (χ0n) is 7.06. The minimum atomic E-state index is -0.691. The van der Waals surface area contributed by atoms with E-state index in [9.17, 15) is 4.79 Å². The van der Waals surface area contributed by atoms with Crippen molar-refractivity contribution in [2.24, 2.45) is 5.92 Å². The van der Waals surface area contributed by atoms with Crippen LogP contribution in [0.5, 0.6) is 0 Å². The van der Waals surface area contributed by atoms with Gasteiger partial charge in [-0.1, -0.05) is 6.92 Å². The number of rotatable bonds is 4. The highest BCUT2D eigenvalue weighted by molar-refractivity contribution is 8.00. The highest BCUT2D eigenvalue weighted by Gasteiger charge is 2.37. The third-order valence-electron chi connectivity index (χ3n) is 2.19. The quantitative estimate of drug-likeness (QED) is 0.693. The fourth-order valence-electron chi connectivity index (χ4n) is 1.26. The van der Waals surface area contributed by atoms with Gasteiger partial charge in [-0.15, -0.1) is 0 Å². The lowest BCUT2D eigenvalue weighted by Gasteiger charge is -2.34. The molecule has 0 saturated heterocycles. The molecule has 1 rings (SSSR count). The number of thioether (sulfide) groups is 1. The molecule has 0 aromatic carbocycles. The van der Waals surface area contributed by atoms with Crippen molar-refractivity contribution in [1.82, 2.24) is 0 Å². The Morgan fingerprint density at radius 3 is 2.67 bits per heavy atom. The third kappa shape index (κ3) is 2.14. The molecule has 3 atom stereocenters. The Labute approximate surface area is 76.2 Å². The Hall–Kier alpha value is -0.220. The monoisotopic (exact) mass is 190 g/mol. The number of carboxylic acids is 1. The molecule has 0 aromatic heterocycles. The standard InChI is InChI=1S/C8H14O3S/c1-5(4-9)12-7-3-2-6(7)8(10)11/h5-7,9H,2-4H2,1H3,(H,10,11). The van der Waals surface area contributed by atoms with Crippen molar-refractivity contribution in [1.29, 1.82) is 0 Å². The maximum absolute atomic E-state index is 10.6. The molecule has 4 heteroatoms. The van der Waals surface area contributed by atoms with Crippen LogP contribution in [0.25, 0.3) is 0 Å². The van der Waals surface area contributed by atoms with Gasteiger partial charge in [0, 0.05) is 10.5 Å². The average Bonchev–Trinajstić information content (AvgIpc) is 1.96. The van der Waals surface area contributed by atoms with E-state index in [2.05, 4.69) is 0 Å². The van der Waals surface area contributed by atoms with Crippen molar-refractivity contribution >= 4 is 17.7 Å². The van der Waals surface area contributed by atoms with Gasteiger partial charge in [-0.25, -0.2) is 0 Å². The van der Waals surface area contributed by atoms with Crippen LogP contribution < -0.4 is 0 Å². The molecule has 0 bridgehead atoms. The Kier molecular flexibility index (Phi) is 3.40. The van der Waals surface area contributed by atoms with Gasteiger partial charge in [-0.3, -0.25) is 4.79 Å². The van der Waals surface area contributed by atoms with E-state index in [-0.39, 0.29) is 23.0 Å². The summed E-state index contributed by atoms with van der Waals surface area (Å²) in [5.74, 6) is -0.868. The lowest BCUT2D eigenvalue weighted by molar-refractivity contribution is -0.144. The Bertz CT molecular complexity index is 172. The molecule has 3 unspecified atom stereocenters. The van der Waals surface area contributed by atoms with Gasteiger partial charge in [0.25, 0.3) is 0 Å². The summed E-state index contributed by atoms with van der Waals surface area (Å²) in [4.78, 5) is 10.6. The second-order valence-electron chi connectivity index (χ2n) is 3.19. The van der Waals surface area contributed by atoms with E-state index in [1.165, 1.54) is 0 Å². The summed E-state index contributed by atoms with van der Waals surface area (Å²) in [6.07, 6.45) is 1.77. The summed E-state index contributed by atoms with van der Waals surface area (Å²) in [6, 6.07) is 0. The molecule has 0 aromatic rings. The number of hydrogen-bond acceptors (Lipinski definition) is 3. The predicted molar refractivity (Wildman–Crippen MR) is 48.3 cm³/mol. The number of carbonyl (C=O) groups is 1. The minimum absolute atomic E-state index is 0.132. The van der Waals surface area contributed by atoms with Gasteiger partial charge < -0.3 is 10.2 Å². The smallest absolute Gasteiger partial charge is 0.307 e. The first kappa shape index (κ1) is 9.86. The molecule has 3 nitrogen and oxygen atoms in total. The van der Waals surface area contributed by atoms with Crippen LogP contribution in [-0.4, -0.2) is 33.3 Å². The molecular weight excluding hydrogens is 176 g/mol. The first-order valence-electron chi connectivity index (χ1n) is 4.14. The van der Waals surface area contributed by atoms with Crippen LogP contribution in [0, 0.1) is 5.92 Å². The molecule has 2 N–H and O–H groups in total. The van der Waals surface area contributed by atoms with Gasteiger partial charge in [0.05, 0.1) is 12.5 Å². The van der Waals surface area contributed by atoms with Crippen LogP contribution in [0.4, 0.5) is 0 Å².